The van der Waals surface area contributed by atoms with E-state index in [-0.39, 0.29) is 11.2 Å². The van der Waals surface area contributed by atoms with Gasteiger partial charge in [0.05, 0.1) is 15.6 Å². The Morgan fingerprint density at radius 3 is 2.90 bits per heavy atom. The van der Waals surface area contributed by atoms with Crippen LogP contribution in [0.4, 0.5) is 0 Å². The summed E-state index contributed by atoms with van der Waals surface area (Å²) in [5, 5.41) is 6.76. The summed E-state index contributed by atoms with van der Waals surface area (Å²) in [5.74, 6) is 0.782. The number of nitrogens with zero attached hydrogens (tertiary/aromatic N) is 2. The summed E-state index contributed by atoms with van der Waals surface area (Å²) in [6.07, 6.45) is 8.24. The van der Waals surface area contributed by atoms with Gasteiger partial charge >= 0.3 is 0 Å². The predicted molar refractivity (Wildman–Crippen MR) is 122 cm³/mol. The maximum atomic E-state index is 12.6. The lowest BCUT2D eigenvalue weighted by Crippen LogP contribution is -2.32. The highest BCUT2D eigenvalue weighted by Gasteiger charge is 2.18. The zero-order valence-corrected chi connectivity index (χ0v) is 18.2. The van der Waals surface area contributed by atoms with Gasteiger partial charge in [0.1, 0.15) is 5.03 Å². The zero-order chi connectivity index (χ0) is 20.1. The molecular weight excluding hydrogens is 398 g/mol. The second-order valence-corrected chi connectivity index (χ2v) is 9.53. The van der Waals surface area contributed by atoms with Gasteiger partial charge in [-0.05, 0) is 56.5 Å². The van der Waals surface area contributed by atoms with Gasteiger partial charge in [-0.2, -0.15) is 0 Å². The minimum atomic E-state index is -0.218. The Morgan fingerprint density at radius 2 is 2.10 bits per heavy atom. The SMILES string of the molecule is C[C@H](Sc1nc(-c2cccs2)nc2ccccc12)C(=O)NCCC1=CCCCC1. The summed E-state index contributed by atoms with van der Waals surface area (Å²) >= 11 is 3.13. The summed E-state index contributed by atoms with van der Waals surface area (Å²) in [6, 6.07) is 12.0. The molecule has 1 amide bonds. The summed E-state index contributed by atoms with van der Waals surface area (Å²) in [5.41, 5.74) is 2.39. The van der Waals surface area contributed by atoms with Crippen molar-refractivity contribution in [1.29, 1.82) is 0 Å². The molecule has 0 saturated heterocycles. The summed E-state index contributed by atoms with van der Waals surface area (Å²) in [6.45, 7) is 2.65. The van der Waals surface area contributed by atoms with Crippen LogP contribution < -0.4 is 5.32 Å². The van der Waals surface area contributed by atoms with Gasteiger partial charge in [0, 0.05) is 11.9 Å². The first kappa shape index (κ1) is 20.1. The van der Waals surface area contributed by atoms with Crippen molar-refractivity contribution in [3.05, 3.63) is 53.4 Å². The van der Waals surface area contributed by atoms with Crippen molar-refractivity contribution in [3.63, 3.8) is 0 Å². The average molecular weight is 424 g/mol. The molecule has 1 aliphatic carbocycles. The van der Waals surface area contributed by atoms with E-state index in [0.717, 1.165) is 33.1 Å². The normalized spacial score (nSPS) is 15.1. The maximum Gasteiger partial charge on any atom is 0.233 e. The van der Waals surface area contributed by atoms with E-state index < -0.39 is 0 Å². The molecule has 1 N–H and O–H groups in total. The van der Waals surface area contributed by atoms with Crippen LogP contribution in [0.2, 0.25) is 0 Å². The van der Waals surface area contributed by atoms with E-state index >= 15 is 0 Å². The first-order valence-electron chi connectivity index (χ1n) is 10.1. The van der Waals surface area contributed by atoms with Gasteiger partial charge in [-0.15, -0.1) is 11.3 Å². The van der Waals surface area contributed by atoms with Gasteiger partial charge in [-0.1, -0.05) is 47.7 Å². The summed E-state index contributed by atoms with van der Waals surface area (Å²) in [7, 11) is 0. The fourth-order valence-electron chi connectivity index (χ4n) is 3.50. The van der Waals surface area contributed by atoms with Gasteiger partial charge in [0.25, 0.3) is 0 Å². The number of thiophene rings is 1. The van der Waals surface area contributed by atoms with E-state index in [1.807, 2.05) is 48.7 Å². The standard InChI is InChI=1S/C23H25N3OS2/c1-16(22(27)24-14-13-17-8-3-2-4-9-17)29-23-18-10-5-6-11-19(18)25-21(26-23)20-12-7-15-28-20/h5-8,10-12,15-16H,2-4,9,13-14H2,1H3,(H,24,27)/t16-/m0/s1. The van der Waals surface area contributed by atoms with Gasteiger partial charge in [0.2, 0.25) is 5.91 Å². The number of hydrogen-bond acceptors (Lipinski definition) is 5. The molecule has 0 aliphatic heterocycles. The van der Waals surface area contributed by atoms with E-state index in [4.69, 9.17) is 9.97 Å². The molecule has 0 fully saturated rings. The Bertz CT molecular complexity index is 1010. The molecule has 0 radical (unpaired) electrons. The van der Waals surface area contributed by atoms with E-state index in [9.17, 15) is 4.79 Å². The number of hydrogen-bond donors (Lipinski definition) is 1. The lowest BCUT2D eigenvalue weighted by Gasteiger charge is -2.15. The van der Waals surface area contributed by atoms with Crippen molar-refractivity contribution in [2.45, 2.75) is 49.3 Å². The molecule has 4 nitrogen and oxygen atoms in total. The van der Waals surface area contributed by atoms with Crippen LogP contribution in [0.15, 0.2) is 58.5 Å². The van der Waals surface area contributed by atoms with Crippen LogP contribution in [0, 0.1) is 0 Å². The molecule has 0 bridgehead atoms. The molecule has 0 saturated carbocycles. The number of carbonyl (C=O) groups excluding carboxylic acids is 1. The van der Waals surface area contributed by atoms with Crippen LogP contribution >= 0.6 is 23.1 Å². The average Bonchev–Trinajstić information content (AvgIpc) is 3.29. The number of fused-ring (bicyclic) bond motifs is 1. The number of aromatic nitrogens is 2. The molecule has 6 heteroatoms. The van der Waals surface area contributed by atoms with E-state index in [1.54, 1.807) is 11.3 Å². The minimum Gasteiger partial charge on any atom is -0.355 e. The fraction of sp³-hybridized carbons (Fsp3) is 0.348. The smallest absolute Gasteiger partial charge is 0.233 e. The largest absolute Gasteiger partial charge is 0.355 e. The van der Waals surface area contributed by atoms with Crippen LogP contribution in [0.5, 0.6) is 0 Å². The molecule has 4 rings (SSSR count). The Kier molecular flexibility index (Phi) is 6.62. The van der Waals surface area contributed by atoms with Crippen LogP contribution in [-0.2, 0) is 4.79 Å². The molecule has 150 valence electrons. The monoisotopic (exact) mass is 423 g/mol. The van der Waals surface area contributed by atoms with Crippen LogP contribution in [-0.4, -0.2) is 27.7 Å². The van der Waals surface area contributed by atoms with Crippen molar-refractivity contribution >= 4 is 39.9 Å². The van der Waals surface area contributed by atoms with E-state index in [1.165, 1.54) is 43.0 Å². The highest BCUT2D eigenvalue weighted by Crippen LogP contribution is 2.32. The highest BCUT2D eigenvalue weighted by molar-refractivity contribution is 8.00. The Hall–Kier alpha value is -2.18. The molecule has 1 aliphatic rings. The molecule has 1 aromatic carbocycles. The lowest BCUT2D eigenvalue weighted by molar-refractivity contribution is -0.120. The first-order chi connectivity index (χ1) is 14.2. The van der Waals surface area contributed by atoms with Crippen LogP contribution in [0.1, 0.15) is 39.0 Å². The maximum absolute atomic E-state index is 12.6. The Balaban J connectivity index is 1.46. The molecule has 29 heavy (non-hydrogen) atoms. The van der Waals surface area contributed by atoms with Crippen molar-refractivity contribution in [1.82, 2.24) is 15.3 Å². The summed E-state index contributed by atoms with van der Waals surface area (Å²) < 4.78 is 0. The third-order valence-corrected chi connectivity index (χ3v) is 7.07. The van der Waals surface area contributed by atoms with Gasteiger partial charge in [0.15, 0.2) is 5.82 Å². The second kappa shape index (κ2) is 9.55. The molecule has 3 aromatic rings. The van der Waals surface area contributed by atoms with Gasteiger partial charge in [-0.3, -0.25) is 4.79 Å². The first-order valence-corrected chi connectivity index (χ1v) is 11.9. The number of benzene rings is 1. The second-order valence-electron chi connectivity index (χ2n) is 7.26. The number of carbonyl (C=O) groups is 1. The fourth-order valence-corrected chi connectivity index (χ4v) is 5.12. The molecule has 0 spiro atoms. The minimum absolute atomic E-state index is 0.0618. The lowest BCUT2D eigenvalue weighted by atomic mass is 9.97. The van der Waals surface area contributed by atoms with Crippen LogP contribution in [0.25, 0.3) is 21.6 Å². The Morgan fingerprint density at radius 1 is 1.21 bits per heavy atom. The van der Waals surface area contributed by atoms with Gasteiger partial charge < -0.3 is 5.32 Å². The molecule has 2 aromatic heterocycles. The van der Waals surface area contributed by atoms with Gasteiger partial charge in [-0.25, -0.2) is 9.97 Å². The van der Waals surface area contributed by atoms with Crippen molar-refractivity contribution in [3.8, 4) is 10.7 Å². The quantitative estimate of drug-likeness (QED) is 0.294. The van der Waals surface area contributed by atoms with Crippen molar-refractivity contribution in [2.75, 3.05) is 6.54 Å². The number of thioether (sulfide) groups is 1. The number of nitrogens with one attached hydrogen (secondary N) is 1. The predicted octanol–water partition coefficient (Wildman–Crippen LogP) is 5.85. The number of rotatable bonds is 7. The molecular formula is C23H25N3OS2. The third-order valence-electron chi connectivity index (χ3n) is 5.10. The topological polar surface area (TPSA) is 54.9 Å². The van der Waals surface area contributed by atoms with Crippen molar-refractivity contribution in [2.24, 2.45) is 0 Å². The van der Waals surface area contributed by atoms with E-state index in [0.29, 0.717) is 6.54 Å². The zero-order valence-electron chi connectivity index (χ0n) is 16.6. The van der Waals surface area contributed by atoms with E-state index in [2.05, 4.69) is 11.4 Å². The molecule has 0 unspecified atom stereocenters. The molecule has 2 heterocycles. The van der Waals surface area contributed by atoms with Crippen LogP contribution in [0.3, 0.4) is 0 Å². The third kappa shape index (κ3) is 5.06. The summed E-state index contributed by atoms with van der Waals surface area (Å²) in [4.78, 5) is 23.2. The Labute approximate surface area is 179 Å². The number of allylic oxidation sites excluding steroid dienone is 1. The highest BCUT2D eigenvalue weighted by atomic mass is 32.2. The number of amides is 1. The number of para-hydroxylation sites is 1. The molecule has 1 atom stereocenters. The van der Waals surface area contributed by atoms with Crippen molar-refractivity contribution < 1.29 is 4.79 Å².